The van der Waals surface area contributed by atoms with Crippen LogP contribution in [0, 0.1) is 5.82 Å². The van der Waals surface area contributed by atoms with Gasteiger partial charge in [-0.3, -0.25) is 9.59 Å². The molecule has 2 aliphatic rings. The van der Waals surface area contributed by atoms with Crippen LogP contribution >= 0.6 is 0 Å². The highest BCUT2D eigenvalue weighted by Gasteiger charge is 2.46. The smallest absolute Gasteiger partial charge is 0.227 e. The van der Waals surface area contributed by atoms with E-state index in [9.17, 15) is 14.0 Å². The number of rotatable bonds is 2. The predicted octanol–water partition coefficient (Wildman–Crippen LogP) is 1.72. The fourth-order valence-corrected chi connectivity index (χ4v) is 3.07. The molecule has 2 aliphatic heterocycles. The minimum absolute atomic E-state index is 0.0127. The summed E-state index contributed by atoms with van der Waals surface area (Å²) in [6.45, 7) is 1.31. The van der Waals surface area contributed by atoms with Crippen LogP contribution in [0.15, 0.2) is 24.3 Å². The van der Waals surface area contributed by atoms with Crippen LogP contribution in [0.4, 0.5) is 4.39 Å². The van der Waals surface area contributed by atoms with E-state index in [1.807, 2.05) is 0 Å². The normalized spacial score (nSPS) is 25.6. The summed E-state index contributed by atoms with van der Waals surface area (Å²) < 4.78 is 18.5. The Morgan fingerprint density at radius 2 is 2.05 bits per heavy atom. The second-order valence-corrected chi connectivity index (χ2v) is 5.74. The molecule has 0 N–H and O–H groups in total. The van der Waals surface area contributed by atoms with E-state index in [0.717, 1.165) is 18.4 Å². The van der Waals surface area contributed by atoms with Gasteiger partial charge in [-0.05, 0) is 30.5 Å². The summed E-state index contributed by atoms with van der Waals surface area (Å²) in [6.07, 6.45) is 2.46. The van der Waals surface area contributed by atoms with Crippen LogP contribution in [0.5, 0.6) is 0 Å². The van der Waals surface area contributed by atoms with Crippen molar-refractivity contribution in [3.8, 4) is 0 Å². The molecule has 1 atom stereocenters. The van der Waals surface area contributed by atoms with Crippen molar-refractivity contribution in [1.29, 1.82) is 0 Å². The average Bonchev–Trinajstić information content (AvgIpc) is 2.94. The molecule has 2 heterocycles. The number of ether oxygens (including phenoxy) is 1. The monoisotopic (exact) mass is 291 g/mol. The predicted molar refractivity (Wildman–Crippen MR) is 74.2 cm³/mol. The minimum Gasteiger partial charge on any atom is -0.367 e. The molecule has 1 amide bonds. The molecule has 21 heavy (non-hydrogen) atoms. The van der Waals surface area contributed by atoms with Gasteiger partial charge in [-0.25, -0.2) is 4.39 Å². The van der Waals surface area contributed by atoms with Crippen LogP contribution in [-0.4, -0.2) is 41.9 Å². The third-order valence-electron chi connectivity index (χ3n) is 4.35. The first-order chi connectivity index (χ1) is 10.1. The lowest BCUT2D eigenvalue weighted by Gasteiger charge is -2.37. The zero-order valence-electron chi connectivity index (χ0n) is 11.8. The lowest BCUT2D eigenvalue weighted by molar-refractivity contribution is -0.152. The number of carbonyl (C=O) groups excluding carboxylic acids is 2. The second kappa shape index (κ2) is 5.56. The Morgan fingerprint density at radius 1 is 1.29 bits per heavy atom. The van der Waals surface area contributed by atoms with Gasteiger partial charge in [0, 0.05) is 19.6 Å². The molecule has 0 unspecified atom stereocenters. The zero-order valence-corrected chi connectivity index (χ0v) is 11.8. The number of likely N-dealkylation sites (tertiary alicyclic amines) is 1. The van der Waals surface area contributed by atoms with E-state index < -0.39 is 5.60 Å². The van der Waals surface area contributed by atoms with Crippen molar-refractivity contribution in [3.05, 3.63) is 35.6 Å². The van der Waals surface area contributed by atoms with Gasteiger partial charge in [-0.15, -0.1) is 0 Å². The van der Waals surface area contributed by atoms with E-state index in [1.54, 1.807) is 17.0 Å². The van der Waals surface area contributed by atoms with Gasteiger partial charge in [0.05, 0.1) is 13.0 Å². The van der Waals surface area contributed by atoms with E-state index in [0.29, 0.717) is 19.6 Å². The summed E-state index contributed by atoms with van der Waals surface area (Å²) in [5.74, 6) is -0.402. The summed E-state index contributed by atoms with van der Waals surface area (Å²) in [4.78, 5) is 26.1. The molecular weight excluding hydrogens is 273 g/mol. The largest absolute Gasteiger partial charge is 0.367 e. The maximum absolute atomic E-state index is 12.8. The maximum Gasteiger partial charge on any atom is 0.227 e. The molecule has 0 aliphatic carbocycles. The summed E-state index contributed by atoms with van der Waals surface area (Å²) >= 11 is 0. The van der Waals surface area contributed by atoms with E-state index in [-0.39, 0.29) is 30.5 Å². The van der Waals surface area contributed by atoms with Crippen LogP contribution in [0.2, 0.25) is 0 Å². The summed E-state index contributed by atoms with van der Waals surface area (Å²) in [5.41, 5.74) is 0.124. The lowest BCUT2D eigenvalue weighted by atomic mass is 9.87. The Balaban J connectivity index is 1.61. The lowest BCUT2D eigenvalue weighted by Crippen LogP contribution is -2.54. The van der Waals surface area contributed by atoms with Crippen LogP contribution in [0.1, 0.15) is 24.8 Å². The average molecular weight is 291 g/mol. The zero-order chi connectivity index (χ0) is 14.9. The van der Waals surface area contributed by atoms with Gasteiger partial charge in [0.25, 0.3) is 0 Å². The van der Waals surface area contributed by atoms with Crippen LogP contribution < -0.4 is 0 Å². The van der Waals surface area contributed by atoms with Crippen molar-refractivity contribution in [2.24, 2.45) is 0 Å². The standard InChI is InChI=1S/C16H18FNO3/c17-13-4-2-12(3-5-13)10-15(20)18-8-7-16(14(19)11-18)6-1-9-21-16/h2-5H,1,6-11H2/t16-/m0/s1. The third-order valence-corrected chi connectivity index (χ3v) is 4.35. The molecule has 1 aromatic rings. The van der Waals surface area contributed by atoms with Gasteiger partial charge >= 0.3 is 0 Å². The Morgan fingerprint density at radius 3 is 2.67 bits per heavy atom. The van der Waals surface area contributed by atoms with Gasteiger partial charge in [-0.1, -0.05) is 12.1 Å². The molecule has 1 spiro atoms. The number of piperidine rings is 1. The van der Waals surface area contributed by atoms with Crippen molar-refractivity contribution < 1.29 is 18.7 Å². The number of ketones is 1. The fraction of sp³-hybridized carbons (Fsp3) is 0.500. The molecule has 112 valence electrons. The molecule has 4 nitrogen and oxygen atoms in total. The van der Waals surface area contributed by atoms with Crippen molar-refractivity contribution >= 4 is 11.7 Å². The number of nitrogens with zero attached hydrogens (tertiary/aromatic N) is 1. The number of amides is 1. The molecule has 0 bridgehead atoms. The van der Waals surface area contributed by atoms with Crippen LogP contribution in [0.3, 0.4) is 0 Å². The first-order valence-corrected chi connectivity index (χ1v) is 7.29. The summed E-state index contributed by atoms with van der Waals surface area (Å²) in [7, 11) is 0. The SMILES string of the molecule is O=C(Cc1ccc(F)cc1)N1CC[C@@]2(CCCO2)C(=O)C1. The number of hydrogen-bond acceptors (Lipinski definition) is 3. The van der Waals surface area contributed by atoms with E-state index in [1.165, 1.54) is 12.1 Å². The van der Waals surface area contributed by atoms with Gasteiger partial charge in [0.1, 0.15) is 11.4 Å². The maximum atomic E-state index is 12.8. The quantitative estimate of drug-likeness (QED) is 0.833. The Bertz CT molecular complexity index is 549. The van der Waals surface area contributed by atoms with Crippen molar-refractivity contribution in [2.75, 3.05) is 19.7 Å². The molecule has 2 saturated heterocycles. The molecule has 3 rings (SSSR count). The number of halogens is 1. The first-order valence-electron chi connectivity index (χ1n) is 7.29. The topological polar surface area (TPSA) is 46.6 Å². The number of Topliss-reactive ketones (excluding diaryl/α,β-unsaturated/α-hetero) is 1. The van der Waals surface area contributed by atoms with E-state index in [4.69, 9.17) is 4.74 Å². The molecule has 0 aromatic heterocycles. The first kappa shape index (κ1) is 14.2. The minimum atomic E-state index is -0.632. The second-order valence-electron chi connectivity index (χ2n) is 5.74. The Hall–Kier alpha value is -1.75. The molecule has 1 aromatic carbocycles. The van der Waals surface area contributed by atoms with Gasteiger partial charge in [-0.2, -0.15) is 0 Å². The van der Waals surface area contributed by atoms with Gasteiger partial charge in [0.2, 0.25) is 5.91 Å². The molecule has 0 saturated carbocycles. The summed E-state index contributed by atoms with van der Waals surface area (Å²) in [5, 5.41) is 0. The summed E-state index contributed by atoms with van der Waals surface area (Å²) in [6, 6.07) is 5.87. The van der Waals surface area contributed by atoms with E-state index >= 15 is 0 Å². The van der Waals surface area contributed by atoms with Gasteiger partial charge in [0.15, 0.2) is 5.78 Å². The Labute approximate surface area is 122 Å². The van der Waals surface area contributed by atoms with Gasteiger partial charge < -0.3 is 9.64 Å². The molecule has 5 heteroatoms. The van der Waals surface area contributed by atoms with Crippen LogP contribution in [0.25, 0.3) is 0 Å². The van der Waals surface area contributed by atoms with Crippen molar-refractivity contribution in [3.63, 3.8) is 0 Å². The van der Waals surface area contributed by atoms with E-state index in [2.05, 4.69) is 0 Å². The van der Waals surface area contributed by atoms with Crippen LogP contribution in [-0.2, 0) is 20.7 Å². The van der Waals surface area contributed by atoms with Crippen molar-refractivity contribution in [1.82, 2.24) is 4.90 Å². The fourth-order valence-electron chi connectivity index (χ4n) is 3.07. The highest BCUT2D eigenvalue weighted by atomic mass is 19.1. The molecule has 2 fully saturated rings. The van der Waals surface area contributed by atoms with Crippen molar-refractivity contribution in [2.45, 2.75) is 31.3 Å². The number of benzene rings is 1. The number of carbonyl (C=O) groups is 2. The Kier molecular flexibility index (Phi) is 3.76. The molecule has 0 radical (unpaired) electrons. The third kappa shape index (κ3) is 2.83. The molecular formula is C16H18FNO3. The number of hydrogen-bond donors (Lipinski definition) is 0. The highest BCUT2D eigenvalue weighted by molar-refractivity contribution is 5.93. The highest BCUT2D eigenvalue weighted by Crippen LogP contribution is 2.33.